The van der Waals surface area contributed by atoms with Gasteiger partial charge in [0.05, 0.1) is 52.2 Å². The number of carbonyl (C=O) groups is 1. The number of nitrogens with one attached hydrogen (secondary N) is 4. The van der Waals surface area contributed by atoms with Crippen LogP contribution < -0.4 is 10.6 Å². The fraction of sp³-hybridized carbons (Fsp3) is 0.367. The van der Waals surface area contributed by atoms with Crippen LogP contribution in [0.3, 0.4) is 0 Å². The number of benzene rings is 2. The van der Waals surface area contributed by atoms with Gasteiger partial charge in [0, 0.05) is 12.1 Å². The summed E-state index contributed by atoms with van der Waals surface area (Å²) >= 11 is 0. The molecule has 9 rings (SSSR count). The Bertz CT molecular complexity index is 1780. The molecule has 2 aliphatic heterocycles. The molecule has 5 aromatic rings. The number of hydrogen-bond acceptors (Lipinski definition) is 7. The molecule has 2 saturated carbocycles. The summed E-state index contributed by atoms with van der Waals surface area (Å²) in [5.74, 6) is 2.35. The summed E-state index contributed by atoms with van der Waals surface area (Å²) in [4.78, 5) is 35.1. The number of H-pyrrole nitrogens is 2. The van der Waals surface area contributed by atoms with E-state index in [-0.39, 0.29) is 0 Å². The van der Waals surface area contributed by atoms with Crippen LogP contribution in [0, 0.1) is 11.8 Å². The number of alkyl halides is 1. The number of rotatable bonds is 5. The first-order valence-electron chi connectivity index (χ1n) is 14.1. The molecule has 2 aliphatic carbocycles. The predicted molar refractivity (Wildman–Crippen MR) is 151 cm³/mol. The van der Waals surface area contributed by atoms with E-state index in [2.05, 4.69) is 62.0 Å². The summed E-state index contributed by atoms with van der Waals surface area (Å²) in [7, 11) is 0. The van der Waals surface area contributed by atoms with Crippen LogP contribution in [0.2, 0.25) is 0 Å². The van der Waals surface area contributed by atoms with Crippen molar-refractivity contribution in [3.63, 3.8) is 0 Å². The lowest BCUT2D eigenvalue weighted by molar-refractivity contribution is -0.137. The normalized spacial score (nSPS) is 27.3. The Hall–Kier alpha value is -4.22. The number of nitrogens with zero attached hydrogens (tertiary/aromatic N) is 4. The number of fused-ring (bicyclic) bond motifs is 4. The third-order valence-corrected chi connectivity index (χ3v) is 8.77. The van der Waals surface area contributed by atoms with E-state index in [1.807, 2.05) is 12.4 Å². The van der Waals surface area contributed by atoms with Gasteiger partial charge in [0.2, 0.25) is 0 Å². The molecule has 2 aromatic carbocycles. The Labute approximate surface area is 234 Å². The predicted octanol–water partition coefficient (Wildman–Crippen LogP) is 4.45. The van der Waals surface area contributed by atoms with Gasteiger partial charge < -0.3 is 25.7 Å². The monoisotopic (exact) mass is 552 g/mol. The zero-order valence-electron chi connectivity index (χ0n) is 22.1. The van der Waals surface area contributed by atoms with Gasteiger partial charge in [0.15, 0.2) is 6.67 Å². The molecule has 2 saturated heterocycles. The van der Waals surface area contributed by atoms with Gasteiger partial charge in [0.1, 0.15) is 17.3 Å². The summed E-state index contributed by atoms with van der Waals surface area (Å²) in [6, 6.07) is 14.8. The molecule has 0 amide bonds. The second-order valence-electron chi connectivity index (χ2n) is 11.6. The number of halogens is 1. The minimum Gasteiger partial charge on any atom is -0.479 e. The number of imidazole rings is 2. The van der Waals surface area contributed by atoms with Crippen molar-refractivity contribution in [3.05, 3.63) is 60.4 Å². The Balaban J connectivity index is 0.000000475. The molecule has 10 nitrogen and oxygen atoms in total. The highest BCUT2D eigenvalue weighted by molar-refractivity contribution is 5.86. The van der Waals surface area contributed by atoms with Crippen molar-refractivity contribution in [3.8, 4) is 22.5 Å². The highest BCUT2D eigenvalue weighted by Crippen LogP contribution is 2.46. The Morgan fingerprint density at radius 1 is 0.805 bits per heavy atom. The minimum absolute atomic E-state index is 0.335. The van der Waals surface area contributed by atoms with E-state index in [0.29, 0.717) is 24.2 Å². The van der Waals surface area contributed by atoms with Crippen LogP contribution in [-0.4, -0.2) is 59.7 Å². The molecular formula is C30H29FN8O2. The largest absolute Gasteiger partial charge is 0.479 e. The average molecular weight is 553 g/mol. The summed E-state index contributed by atoms with van der Waals surface area (Å²) in [5, 5.41) is 14.7. The van der Waals surface area contributed by atoms with Crippen LogP contribution in [0.4, 0.5) is 4.39 Å². The van der Waals surface area contributed by atoms with E-state index in [1.165, 1.54) is 25.7 Å². The van der Waals surface area contributed by atoms with E-state index in [1.54, 1.807) is 0 Å². The number of carboxylic acids is 1. The molecule has 4 fully saturated rings. The van der Waals surface area contributed by atoms with Gasteiger partial charge in [-0.25, -0.2) is 24.1 Å². The molecule has 0 bridgehead atoms. The van der Waals surface area contributed by atoms with E-state index < -0.39 is 12.6 Å². The maximum atomic E-state index is 10.5. The lowest BCUT2D eigenvalue weighted by Gasteiger charge is -2.09. The molecule has 6 atom stereocenters. The maximum absolute atomic E-state index is 10.5. The van der Waals surface area contributed by atoms with Gasteiger partial charge in [-0.15, -0.1) is 0 Å². The van der Waals surface area contributed by atoms with Gasteiger partial charge in [-0.3, -0.25) is 4.98 Å². The van der Waals surface area contributed by atoms with Crippen LogP contribution in [0.5, 0.6) is 0 Å². The van der Waals surface area contributed by atoms with Crippen LogP contribution in [0.25, 0.3) is 44.6 Å². The summed E-state index contributed by atoms with van der Waals surface area (Å²) < 4.78 is 10.5. The maximum Gasteiger partial charge on any atom is 0.335 e. The minimum atomic E-state index is -1.41. The van der Waals surface area contributed by atoms with Gasteiger partial charge >= 0.3 is 5.97 Å². The highest BCUT2D eigenvalue weighted by atomic mass is 19.1. The van der Waals surface area contributed by atoms with Crippen molar-refractivity contribution in [1.82, 2.24) is 40.5 Å². The first kappa shape index (κ1) is 24.6. The first-order chi connectivity index (χ1) is 20.0. The van der Waals surface area contributed by atoms with E-state index in [0.717, 1.165) is 68.1 Å². The first-order valence-corrected chi connectivity index (χ1v) is 14.1. The second kappa shape index (κ2) is 9.42. The highest BCUT2D eigenvalue weighted by Gasteiger charge is 2.47. The van der Waals surface area contributed by atoms with E-state index in [4.69, 9.17) is 24.9 Å². The number of aromatic amines is 2. The van der Waals surface area contributed by atoms with Gasteiger partial charge in [0.25, 0.3) is 0 Å². The zero-order valence-corrected chi connectivity index (χ0v) is 22.1. The van der Waals surface area contributed by atoms with Crippen LogP contribution in [-0.2, 0) is 4.79 Å². The summed E-state index contributed by atoms with van der Waals surface area (Å²) in [6.07, 6.45) is 8.73. The van der Waals surface area contributed by atoms with Crippen molar-refractivity contribution in [2.75, 3.05) is 6.67 Å². The van der Waals surface area contributed by atoms with Crippen molar-refractivity contribution in [2.45, 2.75) is 49.9 Å². The standard InChI is InChI=1S/C28H26N8.C2H3FO2/c1-3-17-21(29-11-25(31-17)26-12-30-27(36-26)23-9-15-7-19(15)32-23)5-13(1)14-2-4-18-22(6-14)35-28(34-18)24-10-16-8-20(16)33-24;3-1-2(4)5/h1-6,11-12,15-16,19-20,23-24,32-33H,7-10H2,(H,30,36)(H,34,35);1H2,(H,4,5)/t15-,16-,19-,20-,23+,24+;/m1./s1. The molecular weight excluding hydrogens is 523 g/mol. The van der Waals surface area contributed by atoms with Gasteiger partial charge in [-0.2, -0.15) is 0 Å². The number of aromatic nitrogens is 6. The molecule has 41 heavy (non-hydrogen) atoms. The van der Waals surface area contributed by atoms with Crippen LogP contribution >= 0.6 is 0 Å². The molecule has 0 spiro atoms. The third kappa shape index (κ3) is 4.64. The third-order valence-electron chi connectivity index (χ3n) is 8.77. The van der Waals surface area contributed by atoms with Crippen molar-refractivity contribution < 1.29 is 14.3 Å². The van der Waals surface area contributed by atoms with Gasteiger partial charge in [-0.1, -0.05) is 12.1 Å². The van der Waals surface area contributed by atoms with Crippen molar-refractivity contribution in [1.29, 1.82) is 0 Å². The molecule has 4 aliphatic rings. The summed E-state index contributed by atoms with van der Waals surface area (Å²) in [6.45, 7) is -1.28. The fourth-order valence-electron chi connectivity index (χ4n) is 6.40. The number of carboxylic acid groups (broad SMARTS) is 1. The van der Waals surface area contributed by atoms with E-state index in [9.17, 15) is 4.39 Å². The lowest BCUT2D eigenvalue weighted by Crippen LogP contribution is -2.18. The lowest BCUT2D eigenvalue weighted by atomic mass is 10.0. The Morgan fingerprint density at radius 2 is 1.49 bits per heavy atom. The second-order valence-corrected chi connectivity index (χ2v) is 11.6. The molecule has 0 radical (unpaired) electrons. The SMILES string of the molecule is O=C(O)CF.c1cc2nc(-c3cnc([C@@H]4C[C@H]5C[C@H]5N4)[nH]3)cnc2cc1-c1ccc2nc([C@@H]3C[C@H]4C[C@H]4N3)[nH]c2c1. The van der Waals surface area contributed by atoms with Crippen LogP contribution in [0.15, 0.2) is 48.8 Å². The molecule has 0 unspecified atom stereocenters. The molecule has 3 aromatic heterocycles. The number of hydrogen-bond donors (Lipinski definition) is 5. The topological polar surface area (TPSA) is 144 Å². The molecule has 11 heteroatoms. The van der Waals surface area contributed by atoms with E-state index >= 15 is 0 Å². The Kier molecular flexibility index (Phi) is 5.64. The zero-order chi connectivity index (χ0) is 27.7. The summed E-state index contributed by atoms with van der Waals surface area (Å²) in [5.41, 5.74) is 7.87. The number of aliphatic carboxylic acids is 1. The molecule has 5 N–H and O–H groups in total. The molecule has 208 valence electrons. The Morgan fingerprint density at radius 3 is 2.17 bits per heavy atom. The smallest absolute Gasteiger partial charge is 0.335 e. The van der Waals surface area contributed by atoms with Crippen LogP contribution in [0.1, 0.15) is 49.4 Å². The quantitative estimate of drug-likeness (QED) is 0.215. The average Bonchev–Trinajstić information content (AvgIpc) is 3.56. The van der Waals surface area contributed by atoms with Gasteiger partial charge in [-0.05, 0) is 72.9 Å². The van der Waals surface area contributed by atoms with Crippen molar-refractivity contribution in [2.24, 2.45) is 11.8 Å². The number of piperidine rings is 2. The fourth-order valence-corrected chi connectivity index (χ4v) is 6.40. The molecule has 5 heterocycles. The van der Waals surface area contributed by atoms with Crippen molar-refractivity contribution >= 4 is 28.0 Å².